The molecule has 0 unspecified atom stereocenters. The van der Waals surface area contributed by atoms with Gasteiger partial charge < -0.3 is 4.57 Å². The molecule has 3 aromatic carbocycles. The quantitative estimate of drug-likeness (QED) is 0.170. The van der Waals surface area contributed by atoms with E-state index in [1.807, 2.05) is 66.9 Å². The molecule has 182 valence electrons. The number of nitrogens with zero attached hydrogens (tertiary/aromatic N) is 3. The maximum atomic E-state index is 13.0. The van der Waals surface area contributed by atoms with Gasteiger partial charge in [0.2, 0.25) is 0 Å². The van der Waals surface area contributed by atoms with Gasteiger partial charge in [-0.1, -0.05) is 83.9 Å². The number of anilines is 1. The molecule has 2 aromatic heterocycles. The zero-order valence-electron chi connectivity index (χ0n) is 19.5. The van der Waals surface area contributed by atoms with E-state index in [0.717, 1.165) is 32.5 Å². The fourth-order valence-electron chi connectivity index (χ4n) is 4.09. The van der Waals surface area contributed by atoms with E-state index in [0.29, 0.717) is 28.1 Å². The molecular formula is C29H20Cl2N4OS. The lowest BCUT2D eigenvalue weighted by molar-refractivity contribution is -0.112. The van der Waals surface area contributed by atoms with E-state index in [-0.39, 0.29) is 5.57 Å². The summed E-state index contributed by atoms with van der Waals surface area (Å²) in [5, 5.41) is 14.9. The van der Waals surface area contributed by atoms with Crippen molar-refractivity contribution in [2.75, 3.05) is 5.32 Å². The third-order valence-electron chi connectivity index (χ3n) is 5.85. The van der Waals surface area contributed by atoms with Crippen LogP contribution in [-0.2, 0) is 17.8 Å². The first-order valence-electron chi connectivity index (χ1n) is 11.4. The Kier molecular flexibility index (Phi) is 7.38. The second-order valence-corrected chi connectivity index (χ2v) is 10.3. The average Bonchev–Trinajstić information content (AvgIpc) is 3.50. The van der Waals surface area contributed by atoms with Crippen molar-refractivity contribution in [1.82, 2.24) is 9.55 Å². The second-order valence-electron chi connectivity index (χ2n) is 8.36. The van der Waals surface area contributed by atoms with Gasteiger partial charge in [-0.3, -0.25) is 10.1 Å². The van der Waals surface area contributed by atoms with E-state index in [9.17, 15) is 10.1 Å². The van der Waals surface area contributed by atoms with E-state index in [1.165, 1.54) is 11.3 Å². The van der Waals surface area contributed by atoms with E-state index in [4.69, 9.17) is 23.2 Å². The summed E-state index contributed by atoms with van der Waals surface area (Å²) in [4.78, 5) is 18.2. The summed E-state index contributed by atoms with van der Waals surface area (Å²) in [7, 11) is 0. The standard InChI is InChI=1S/C29H20Cl2N4OS/c30-25-11-6-9-20(27(25)31)14-23-16-33-29(37-23)34-28(36)21(15-32)13-22-18-35(17-19-7-2-1-3-8-19)26-12-5-4-10-24(22)26/h1-13,16,18H,14,17H2,(H,33,34,36). The lowest BCUT2D eigenvalue weighted by Crippen LogP contribution is -2.13. The van der Waals surface area contributed by atoms with Crippen LogP contribution in [0.15, 0.2) is 90.8 Å². The van der Waals surface area contributed by atoms with Gasteiger partial charge in [-0.2, -0.15) is 5.26 Å². The van der Waals surface area contributed by atoms with Gasteiger partial charge in [0.05, 0.1) is 10.0 Å². The van der Waals surface area contributed by atoms with Crippen LogP contribution in [0.4, 0.5) is 5.13 Å². The number of aromatic nitrogens is 2. The SMILES string of the molecule is N#CC(=Cc1cn(Cc2ccccc2)c2ccccc12)C(=O)Nc1ncc(Cc2cccc(Cl)c2Cl)s1. The average molecular weight is 543 g/mol. The molecule has 0 bridgehead atoms. The maximum absolute atomic E-state index is 13.0. The van der Waals surface area contributed by atoms with Gasteiger partial charge in [-0.05, 0) is 29.3 Å². The molecule has 37 heavy (non-hydrogen) atoms. The number of para-hydroxylation sites is 1. The molecule has 0 aliphatic heterocycles. The highest BCUT2D eigenvalue weighted by Gasteiger charge is 2.15. The Labute approximate surface area is 228 Å². The van der Waals surface area contributed by atoms with Gasteiger partial charge in [0.15, 0.2) is 5.13 Å². The number of benzene rings is 3. The highest BCUT2D eigenvalue weighted by atomic mass is 35.5. The molecule has 0 spiro atoms. The Bertz CT molecular complexity index is 1660. The lowest BCUT2D eigenvalue weighted by atomic mass is 10.1. The fraction of sp³-hybridized carbons (Fsp3) is 0.0690. The van der Waals surface area contributed by atoms with Crippen molar-refractivity contribution in [3.8, 4) is 6.07 Å². The molecule has 0 saturated carbocycles. The number of amides is 1. The topological polar surface area (TPSA) is 70.7 Å². The number of fused-ring (bicyclic) bond motifs is 1. The first-order valence-corrected chi connectivity index (χ1v) is 13.0. The van der Waals surface area contributed by atoms with Crippen molar-refractivity contribution in [2.45, 2.75) is 13.0 Å². The van der Waals surface area contributed by atoms with Crippen LogP contribution in [0.25, 0.3) is 17.0 Å². The molecule has 5 rings (SSSR count). The minimum Gasteiger partial charge on any atom is -0.342 e. The number of carbonyl (C=O) groups excluding carboxylic acids is 1. The van der Waals surface area contributed by atoms with Crippen molar-refractivity contribution in [2.24, 2.45) is 0 Å². The normalized spacial score (nSPS) is 11.4. The number of nitriles is 1. The monoisotopic (exact) mass is 542 g/mol. The molecular weight excluding hydrogens is 523 g/mol. The molecule has 8 heteroatoms. The van der Waals surface area contributed by atoms with E-state index < -0.39 is 5.91 Å². The largest absolute Gasteiger partial charge is 0.342 e. The highest BCUT2D eigenvalue weighted by molar-refractivity contribution is 7.15. The van der Waals surface area contributed by atoms with Crippen LogP contribution >= 0.6 is 34.5 Å². The van der Waals surface area contributed by atoms with Crippen LogP contribution in [-0.4, -0.2) is 15.5 Å². The van der Waals surface area contributed by atoms with Crippen molar-refractivity contribution in [1.29, 1.82) is 5.26 Å². The summed E-state index contributed by atoms with van der Waals surface area (Å²) in [6.45, 7) is 0.682. The molecule has 0 aliphatic carbocycles. The second kappa shape index (κ2) is 11.0. The summed E-state index contributed by atoms with van der Waals surface area (Å²) in [6, 6.07) is 25.6. The molecule has 1 N–H and O–H groups in total. The third kappa shape index (κ3) is 5.60. The van der Waals surface area contributed by atoms with Crippen LogP contribution in [0.5, 0.6) is 0 Å². The predicted molar refractivity (Wildman–Crippen MR) is 151 cm³/mol. The summed E-state index contributed by atoms with van der Waals surface area (Å²) >= 11 is 13.7. The van der Waals surface area contributed by atoms with E-state index in [1.54, 1.807) is 18.3 Å². The summed E-state index contributed by atoms with van der Waals surface area (Å²) in [6.07, 6.45) is 5.82. The highest BCUT2D eigenvalue weighted by Crippen LogP contribution is 2.30. The van der Waals surface area contributed by atoms with Crippen LogP contribution in [0.2, 0.25) is 10.0 Å². The van der Waals surface area contributed by atoms with Crippen molar-refractivity contribution in [3.63, 3.8) is 0 Å². The minimum absolute atomic E-state index is 0.00255. The predicted octanol–water partition coefficient (Wildman–Crippen LogP) is 7.59. The van der Waals surface area contributed by atoms with Crippen LogP contribution in [0.1, 0.15) is 21.6 Å². The van der Waals surface area contributed by atoms with Gasteiger partial charge in [0, 0.05) is 46.7 Å². The van der Waals surface area contributed by atoms with Crippen molar-refractivity contribution >= 4 is 62.6 Å². The van der Waals surface area contributed by atoms with Gasteiger partial charge >= 0.3 is 0 Å². The number of nitrogens with one attached hydrogen (secondary N) is 1. The first-order chi connectivity index (χ1) is 18.0. The number of thiazole rings is 1. The number of rotatable bonds is 7. The summed E-state index contributed by atoms with van der Waals surface area (Å²) in [5.74, 6) is -0.510. The molecule has 5 aromatic rings. The van der Waals surface area contributed by atoms with Gasteiger partial charge in [0.1, 0.15) is 11.6 Å². The Morgan fingerprint density at radius 1 is 1.05 bits per heavy atom. The molecule has 0 aliphatic rings. The summed E-state index contributed by atoms with van der Waals surface area (Å²) in [5.41, 5.74) is 3.86. The molecule has 2 heterocycles. The number of hydrogen-bond acceptors (Lipinski definition) is 4. The first kappa shape index (κ1) is 24.8. The Morgan fingerprint density at radius 2 is 1.84 bits per heavy atom. The molecule has 5 nitrogen and oxygen atoms in total. The number of halogens is 2. The van der Waals surface area contributed by atoms with Crippen molar-refractivity contribution < 1.29 is 4.79 Å². The molecule has 0 atom stereocenters. The number of hydrogen-bond donors (Lipinski definition) is 1. The smallest absolute Gasteiger partial charge is 0.268 e. The third-order valence-corrected chi connectivity index (χ3v) is 7.62. The van der Waals surface area contributed by atoms with E-state index in [2.05, 4.69) is 27.0 Å². The molecule has 0 saturated heterocycles. The minimum atomic E-state index is -0.510. The Hall–Kier alpha value is -3.89. The van der Waals surface area contributed by atoms with Gasteiger partial charge in [-0.25, -0.2) is 4.98 Å². The van der Waals surface area contributed by atoms with Crippen LogP contribution in [0, 0.1) is 11.3 Å². The lowest BCUT2D eigenvalue weighted by Gasteiger charge is -2.05. The fourth-order valence-corrected chi connectivity index (χ4v) is 5.31. The zero-order valence-corrected chi connectivity index (χ0v) is 21.8. The Morgan fingerprint density at radius 3 is 2.65 bits per heavy atom. The van der Waals surface area contributed by atoms with Crippen molar-refractivity contribution in [3.05, 3.63) is 122 Å². The van der Waals surface area contributed by atoms with Crippen LogP contribution < -0.4 is 5.32 Å². The van der Waals surface area contributed by atoms with Gasteiger partial charge in [-0.15, -0.1) is 11.3 Å². The number of carbonyl (C=O) groups is 1. The molecule has 0 fully saturated rings. The van der Waals surface area contributed by atoms with E-state index >= 15 is 0 Å². The Balaban J connectivity index is 1.36. The summed E-state index contributed by atoms with van der Waals surface area (Å²) < 4.78 is 2.12. The van der Waals surface area contributed by atoms with Gasteiger partial charge in [0.25, 0.3) is 5.91 Å². The zero-order chi connectivity index (χ0) is 25.8. The molecule has 1 amide bonds. The van der Waals surface area contributed by atoms with Crippen LogP contribution in [0.3, 0.4) is 0 Å². The molecule has 0 radical (unpaired) electrons. The maximum Gasteiger partial charge on any atom is 0.268 e.